The molecule has 6 nitrogen and oxygen atoms in total. The lowest BCUT2D eigenvalue weighted by molar-refractivity contribution is -0.143. The van der Waals surface area contributed by atoms with E-state index in [-0.39, 0.29) is 11.8 Å². The topological polar surface area (TPSA) is 82.5 Å². The fourth-order valence-corrected chi connectivity index (χ4v) is 3.86. The molecular weight excluding hydrogens is 350 g/mol. The summed E-state index contributed by atoms with van der Waals surface area (Å²) >= 11 is 1.65. The minimum Gasteiger partial charge on any atom is -0.479 e. The van der Waals surface area contributed by atoms with Gasteiger partial charge in [0.1, 0.15) is 0 Å². The molecule has 1 aromatic heterocycles. The van der Waals surface area contributed by atoms with Crippen LogP contribution in [0, 0.1) is 12.8 Å². The number of aromatic nitrogens is 1. The largest absolute Gasteiger partial charge is 0.479 e. The van der Waals surface area contributed by atoms with Crippen LogP contribution in [0.15, 0.2) is 35.7 Å². The smallest absolute Gasteiger partial charge is 0.330 e. The maximum Gasteiger partial charge on any atom is 0.330 e. The van der Waals surface area contributed by atoms with Gasteiger partial charge in [0.05, 0.1) is 10.7 Å². The van der Waals surface area contributed by atoms with E-state index in [1.54, 1.807) is 35.6 Å². The highest BCUT2D eigenvalue weighted by atomic mass is 32.1. The van der Waals surface area contributed by atoms with E-state index >= 15 is 0 Å². The number of likely N-dealkylation sites (tertiary alicyclic amines) is 1. The zero-order valence-corrected chi connectivity index (χ0v) is 15.5. The highest BCUT2D eigenvalue weighted by Crippen LogP contribution is 2.22. The molecule has 0 unspecified atom stereocenters. The minimum atomic E-state index is -1.04. The average Bonchev–Trinajstić information content (AvgIpc) is 3.05. The lowest BCUT2D eigenvalue weighted by Crippen LogP contribution is -2.42. The molecule has 1 saturated heterocycles. The van der Waals surface area contributed by atoms with Crippen LogP contribution >= 0.6 is 11.3 Å². The van der Waals surface area contributed by atoms with Gasteiger partial charge in [-0.3, -0.25) is 9.69 Å². The monoisotopic (exact) mass is 373 g/mol. The second-order valence-corrected chi connectivity index (χ2v) is 7.66. The molecule has 26 heavy (non-hydrogen) atoms. The SMILES string of the molecule is Cc1nc(CN2CCC(C(=O)N[C@@H](C(=O)O)c3ccccc3)CC2)cs1. The standard InChI is InChI=1S/C19H23N3O3S/c1-13-20-16(12-26-13)11-22-9-7-15(8-10-22)18(23)21-17(19(24)25)14-5-3-2-4-6-14/h2-6,12,15,17H,7-11H2,1H3,(H,21,23)(H,24,25)/t17-/m1/s1. The molecule has 1 aliphatic heterocycles. The Hall–Kier alpha value is -2.25. The van der Waals surface area contributed by atoms with Gasteiger partial charge in [-0.15, -0.1) is 11.3 Å². The summed E-state index contributed by atoms with van der Waals surface area (Å²) in [4.78, 5) is 30.9. The van der Waals surface area contributed by atoms with Crippen molar-refractivity contribution in [2.75, 3.05) is 13.1 Å². The summed E-state index contributed by atoms with van der Waals surface area (Å²) in [6.45, 7) is 4.44. The Balaban J connectivity index is 1.53. The molecule has 3 rings (SSSR count). The van der Waals surface area contributed by atoms with Crippen LogP contribution in [0.4, 0.5) is 0 Å². The summed E-state index contributed by atoms with van der Waals surface area (Å²) in [5, 5.41) is 15.3. The Morgan fingerprint density at radius 1 is 1.31 bits per heavy atom. The van der Waals surface area contributed by atoms with Crippen LogP contribution in [0.5, 0.6) is 0 Å². The number of hydrogen-bond donors (Lipinski definition) is 2. The second kappa shape index (κ2) is 8.42. The molecule has 0 bridgehead atoms. The van der Waals surface area contributed by atoms with Gasteiger partial charge in [-0.2, -0.15) is 0 Å². The molecule has 1 aromatic carbocycles. The number of carboxylic acid groups (broad SMARTS) is 1. The first kappa shape index (κ1) is 18.5. The highest BCUT2D eigenvalue weighted by Gasteiger charge is 2.29. The summed E-state index contributed by atoms with van der Waals surface area (Å²) in [6, 6.07) is 7.81. The summed E-state index contributed by atoms with van der Waals surface area (Å²) in [5.74, 6) is -1.36. The number of hydrogen-bond acceptors (Lipinski definition) is 5. The molecule has 7 heteroatoms. The Morgan fingerprint density at radius 2 is 2.00 bits per heavy atom. The number of nitrogens with one attached hydrogen (secondary N) is 1. The number of carbonyl (C=O) groups excluding carboxylic acids is 1. The van der Waals surface area contributed by atoms with Crippen molar-refractivity contribution in [2.45, 2.75) is 32.4 Å². The second-order valence-electron chi connectivity index (χ2n) is 6.60. The Kier molecular flexibility index (Phi) is 6.00. The third-order valence-electron chi connectivity index (χ3n) is 4.68. The van der Waals surface area contributed by atoms with E-state index in [1.165, 1.54) is 0 Å². The van der Waals surface area contributed by atoms with E-state index in [1.807, 2.05) is 13.0 Å². The van der Waals surface area contributed by atoms with Crippen LogP contribution in [0.25, 0.3) is 0 Å². The molecular formula is C19H23N3O3S. The lowest BCUT2D eigenvalue weighted by Gasteiger charge is -2.31. The number of carboxylic acids is 1. The van der Waals surface area contributed by atoms with E-state index in [2.05, 4.69) is 20.6 Å². The first-order valence-electron chi connectivity index (χ1n) is 8.74. The highest BCUT2D eigenvalue weighted by molar-refractivity contribution is 7.09. The maximum atomic E-state index is 12.6. The number of piperidine rings is 1. The molecule has 1 fully saturated rings. The van der Waals surface area contributed by atoms with E-state index < -0.39 is 12.0 Å². The number of aryl methyl sites for hydroxylation is 1. The van der Waals surface area contributed by atoms with Crippen molar-refractivity contribution < 1.29 is 14.7 Å². The van der Waals surface area contributed by atoms with Crippen LogP contribution in [-0.4, -0.2) is 40.0 Å². The fraction of sp³-hybridized carbons (Fsp3) is 0.421. The van der Waals surface area contributed by atoms with Crippen molar-refractivity contribution in [3.63, 3.8) is 0 Å². The number of carbonyl (C=O) groups is 2. The molecule has 0 spiro atoms. The number of thiazole rings is 1. The first-order chi connectivity index (χ1) is 12.5. The van der Waals surface area contributed by atoms with Gasteiger partial charge in [-0.05, 0) is 38.4 Å². The Labute approximate surface area is 156 Å². The van der Waals surface area contributed by atoms with Crippen molar-refractivity contribution >= 4 is 23.2 Å². The van der Waals surface area contributed by atoms with Crippen LogP contribution in [-0.2, 0) is 16.1 Å². The van der Waals surface area contributed by atoms with Crippen molar-refractivity contribution in [3.05, 3.63) is 52.0 Å². The van der Waals surface area contributed by atoms with Gasteiger partial charge < -0.3 is 10.4 Å². The zero-order valence-electron chi connectivity index (χ0n) is 14.7. The molecule has 0 aliphatic carbocycles. The number of amides is 1. The van der Waals surface area contributed by atoms with E-state index in [4.69, 9.17) is 0 Å². The average molecular weight is 373 g/mol. The quantitative estimate of drug-likeness (QED) is 0.813. The van der Waals surface area contributed by atoms with Gasteiger partial charge in [-0.1, -0.05) is 30.3 Å². The predicted molar refractivity (Wildman–Crippen MR) is 99.8 cm³/mol. The fourth-order valence-electron chi connectivity index (χ4n) is 3.26. The number of benzene rings is 1. The molecule has 0 radical (unpaired) electrons. The molecule has 2 heterocycles. The van der Waals surface area contributed by atoms with E-state index in [9.17, 15) is 14.7 Å². The van der Waals surface area contributed by atoms with Crippen molar-refractivity contribution in [1.82, 2.24) is 15.2 Å². The van der Waals surface area contributed by atoms with Gasteiger partial charge in [-0.25, -0.2) is 9.78 Å². The third kappa shape index (κ3) is 4.68. The van der Waals surface area contributed by atoms with Crippen LogP contribution in [0.1, 0.15) is 35.1 Å². The van der Waals surface area contributed by atoms with Crippen LogP contribution < -0.4 is 5.32 Å². The number of aliphatic carboxylic acids is 1. The summed E-state index contributed by atoms with van der Waals surface area (Å²) in [6.07, 6.45) is 1.46. The van der Waals surface area contributed by atoms with Crippen molar-refractivity contribution in [3.8, 4) is 0 Å². The van der Waals surface area contributed by atoms with Crippen molar-refractivity contribution in [2.24, 2.45) is 5.92 Å². The molecule has 1 amide bonds. The maximum absolute atomic E-state index is 12.6. The van der Waals surface area contributed by atoms with E-state index in [0.717, 1.165) is 43.2 Å². The van der Waals surface area contributed by atoms with Gasteiger partial charge in [0, 0.05) is 17.8 Å². The van der Waals surface area contributed by atoms with Crippen LogP contribution in [0.3, 0.4) is 0 Å². The molecule has 2 N–H and O–H groups in total. The Bertz CT molecular complexity index is 754. The third-order valence-corrected chi connectivity index (χ3v) is 5.50. The lowest BCUT2D eigenvalue weighted by atomic mass is 9.95. The zero-order chi connectivity index (χ0) is 18.5. The molecule has 1 atom stereocenters. The molecule has 0 saturated carbocycles. The van der Waals surface area contributed by atoms with Crippen LogP contribution in [0.2, 0.25) is 0 Å². The predicted octanol–water partition coefficient (Wildman–Crippen LogP) is 2.61. The summed E-state index contributed by atoms with van der Waals surface area (Å²) in [7, 11) is 0. The minimum absolute atomic E-state index is 0.144. The van der Waals surface area contributed by atoms with Gasteiger partial charge >= 0.3 is 5.97 Å². The van der Waals surface area contributed by atoms with Gasteiger partial charge in [0.25, 0.3) is 0 Å². The molecule has 2 aromatic rings. The van der Waals surface area contributed by atoms with Gasteiger partial charge in [0.2, 0.25) is 5.91 Å². The number of rotatable bonds is 6. The van der Waals surface area contributed by atoms with Gasteiger partial charge in [0.15, 0.2) is 6.04 Å². The summed E-state index contributed by atoms with van der Waals surface area (Å²) in [5.41, 5.74) is 1.66. The van der Waals surface area contributed by atoms with E-state index in [0.29, 0.717) is 5.56 Å². The number of nitrogens with zero attached hydrogens (tertiary/aromatic N) is 2. The first-order valence-corrected chi connectivity index (χ1v) is 9.62. The Morgan fingerprint density at radius 3 is 2.58 bits per heavy atom. The summed E-state index contributed by atoms with van der Waals surface area (Å²) < 4.78 is 0. The molecule has 1 aliphatic rings. The molecule has 138 valence electrons. The normalized spacial score (nSPS) is 17.0. The van der Waals surface area contributed by atoms with Crippen molar-refractivity contribution in [1.29, 1.82) is 0 Å².